The molecule has 0 radical (unpaired) electrons. The molecule has 5 N–H and O–H groups in total. The Morgan fingerprint density at radius 2 is 1.10 bits per heavy atom. The van der Waals surface area contributed by atoms with E-state index in [9.17, 15) is 28.9 Å². The van der Waals surface area contributed by atoms with Crippen LogP contribution in [0.5, 0.6) is 0 Å². The second-order valence-electron chi connectivity index (χ2n) is 13.9. The number of phosphoric acid groups is 1. The molecule has 0 aliphatic heterocycles. The maximum Gasteiger partial charge on any atom is 0.472 e. The molecule has 0 aromatic rings. The van der Waals surface area contributed by atoms with Gasteiger partial charge in [-0.05, 0) is 83.5 Å². The number of carbonyl (C=O) groups excluding carboxylic acids is 2. The molecule has 0 saturated heterocycles. The van der Waals surface area contributed by atoms with Crippen molar-refractivity contribution >= 4 is 25.7 Å². The number of ether oxygens (including phenoxy) is 2. The van der Waals surface area contributed by atoms with Crippen LogP contribution < -0.4 is 5.73 Å². The molecule has 2 unspecified atom stereocenters. The Hall–Kier alpha value is -4.16. The molecular formula is C48H74NO11P. The number of carbonyl (C=O) groups is 3. The van der Waals surface area contributed by atoms with Gasteiger partial charge in [-0.2, -0.15) is 0 Å². The van der Waals surface area contributed by atoms with Crippen molar-refractivity contribution in [2.45, 2.75) is 141 Å². The predicted molar refractivity (Wildman–Crippen MR) is 245 cm³/mol. The van der Waals surface area contributed by atoms with Crippen molar-refractivity contribution in [3.8, 4) is 0 Å². The number of aliphatic hydroxyl groups is 1. The molecule has 0 fully saturated rings. The summed E-state index contributed by atoms with van der Waals surface area (Å²) in [5.41, 5.74) is 5.32. The van der Waals surface area contributed by atoms with E-state index in [1.54, 1.807) is 6.08 Å². The second kappa shape index (κ2) is 41.2. The summed E-state index contributed by atoms with van der Waals surface area (Å²) in [4.78, 5) is 45.9. The van der Waals surface area contributed by atoms with E-state index in [0.29, 0.717) is 25.7 Å². The molecule has 61 heavy (non-hydrogen) atoms. The van der Waals surface area contributed by atoms with Crippen molar-refractivity contribution in [3.05, 3.63) is 122 Å². The number of aliphatic hydroxyl groups excluding tert-OH is 1. The highest BCUT2D eigenvalue weighted by Gasteiger charge is 2.28. The molecule has 0 heterocycles. The Bertz CT molecular complexity index is 1510. The van der Waals surface area contributed by atoms with E-state index in [2.05, 4.69) is 79.1 Å². The van der Waals surface area contributed by atoms with E-state index in [1.165, 1.54) is 0 Å². The number of esters is 2. The zero-order valence-corrected chi connectivity index (χ0v) is 37.4. The summed E-state index contributed by atoms with van der Waals surface area (Å²) in [6.45, 7) is 2.37. The number of carboxylic acids is 1. The largest absolute Gasteiger partial charge is 0.480 e. The van der Waals surface area contributed by atoms with Crippen LogP contribution in [0.15, 0.2) is 122 Å². The lowest BCUT2D eigenvalue weighted by Crippen LogP contribution is -2.34. The highest BCUT2D eigenvalue weighted by Crippen LogP contribution is 2.43. The van der Waals surface area contributed by atoms with Crippen LogP contribution in [0.4, 0.5) is 0 Å². The van der Waals surface area contributed by atoms with Crippen LogP contribution >= 0.6 is 7.82 Å². The minimum absolute atomic E-state index is 0.0595. The van der Waals surface area contributed by atoms with Crippen molar-refractivity contribution in [1.29, 1.82) is 0 Å². The van der Waals surface area contributed by atoms with Crippen LogP contribution in [-0.2, 0) is 37.5 Å². The lowest BCUT2D eigenvalue weighted by Gasteiger charge is -2.20. The third kappa shape index (κ3) is 41.0. The molecule has 0 amide bonds. The minimum atomic E-state index is -4.76. The van der Waals surface area contributed by atoms with Crippen LogP contribution in [0.3, 0.4) is 0 Å². The first kappa shape index (κ1) is 56.8. The molecule has 0 spiro atoms. The Balaban J connectivity index is 4.61. The zero-order valence-electron chi connectivity index (χ0n) is 36.6. The number of unbranched alkanes of at least 4 members (excludes halogenated alkanes) is 4. The topological polar surface area (TPSA) is 192 Å². The molecule has 0 aliphatic rings. The second-order valence-corrected chi connectivity index (χ2v) is 15.4. The van der Waals surface area contributed by atoms with Gasteiger partial charge in [-0.1, -0.05) is 148 Å². The normalized spacial score (nSPS) is 15.4. The summed E-state index contributed by atoms with van der Waals surface area (Å²) in [5.74, 6) is -2.57. The fraction of sp³-hybridized carbons (Fsp3) is 0.521. The number of aliphatic carboxylic acids is 1. The standard InChI is InChI=1S/C48H74NO11P/c1-3-5-7-9-11-12-13-14-15-16-17-18-19-24-27-31-35-39-47(52)60-44(41-58-61(55,56)59-42-45(49)48(53)54)40-57-46(51)38-34-30-26-23-21-20-22-25-29-33-37-43(50)36-32-28-10-8-6-4-2/h5-8,11-12,14-15,17-18,20-21,25-26,28-30,32-33,37,43-45,50H,3-4,9-10,13,16,19,22-24,27,31,34-36,38-42,49H2,1-2H3,(H,53,54)(H,55,56)/b7-5-,8-6-,12-11-,15-14-,18-17-,21-20-,29-25-,30-26-,32-28-,37-33+/t43?,44-,45+/m1/s1. The average Bonchev–Trinajstić information content (AvgIpc) is 3.23. The third-order valence-electron chi connectivity index (χ3n) is 8.30. The maximum atomic E-state index is 12.6. The third-order valence-corrected chi connectivity index (χ3v) is 9.25. The molecule has 0 aliphatic carbocycles. The smallest absolute Gasteiger partial charge is 0.472 e. The summed E-state index contributed by atoms with van der Waals surface area (Å²) in [6.07, 6.45) is 51.6. The Kier molecular flexibility index (Phi) is 38.4. The van der Waals surface area contributed by atoms with Gasteiger partial charge in [0.1, 0.15) is 12.6 Å². The number of carboxylic acid groups (broad SMARTS) is 1. The predicted octanol–water partition coefficient (Wildman–Crippen LogP) is 10.6. The van der Waals surface area contributed by atoms with Crippen molar-refractivity contribution in [2.75, 3.05) is 19.8 Å². The van der Waals surface area contributed by atoms with E-state index in [-0.39, 0.29) is 12.8 Å². The first-order valence-electron chi connectivity index (χ1n) is 21.7. The molecule has 0 rings (SSSR count). The van der Waals surface area contributed by atoms with E-state index in [1.807, 2.05) is 54.7 Å². The van der Waals surface area contributed by atoms with Gasteiger partial charge in [0.2, 0.25) is 0 Å². The Morgan fingerprint density at radius 3 is 1.69 bits per heavy atom. The van der Waals surface area contributed by atoms with E-state index < -0.39 is 63.8 Å². The molecule has 0 aromatic heterocycles. The van der Waals surface area contributed by atoms with Gasteiger partial charge >= 0.3 is 25.7 Å². The fourth-order valence-corrected chi connectivity index (χ4v) is 5.71. The number of hydrogen-bond donors (Lipinski definition) is 4. The van der Waals surface area contributed by atoms with E-state index in [0.717, 1.165) is 70.6 Å². The van der Waals surface area contributed by atoms with Gasteiger partial charge < -0.3 is 30.3 Å². The van der Waals surface area contributed by atoms with Crippen molar-refractivity contribution < 1.29 is 52.6 Å². The fourth-order valence-electron chi connectivity index (χ4n) is 4.93. The van der Waals surface area contributed by atoms with Crippen LogP contribution in [-0.4, -0.2) is 71.1 Å². The SMILES string of the molecule is CC/C=C\C/C=C\C/C=C\C/C=C\CCCCCCC(=O)O[C@H](COC(=O)CC/C=C\C/C=C\C/C=C\C=C\C(O)C/C=C\C/C=C\CC)COP(=O)(O)OC[C@H](N)C(=O)O. The molecule has 342 valence electrons. The van der Waals surface area contributed by atoms with Crippen molar-refractivity contribution in [2.24, 2.45) is 5.73 Å². The van der Waals surface area contributed by atoms with E-state index in [4.69, 9.17) is 24.8 Å². The van der Waals surface area contributed by atoms with Gasteiger partial charge in [0, 0.05) is 12.8 Å². The van der Waals surface area contributed by atoms with E-state index >= 15 is 0 Å². The van der Waals surface area contributed by atoms with Gasteiger partial charge in [0.05, 0.1) is 19.3 Å². The minimum Gasteiger partial charge on any atom is -0.480 e. The lowest BCUT2D eigenvalue weighted by atomic mass is 10.1. The van der Waals surface area contributed by atoms with Crippen LogP contribution in [0.2, 0.25) is 0 Å². The highest BCUT2D eigenvalue weighted by molar-refractivity contribution is 7.47. The maximum absolute atomic E-state index is 12.6. The number of rotatable bonds is 38. The summed E-state index contributed by atoms with van der Waals surface area (Å²) in [6, 6.07) is -1.55. The number of nitrogens with two attached hydrogens (primary N) is 1. The molecule has 0 aromatic carbocycles. The Morgan fingerprint density at radius 1 is 0.590 bits per heavy atom. The first-order chi connectivity index (χ1) is 29.5. The summed E-state index contributed by atoms with van der Waals surface area (Å²) in [7, 11) is -4.76. The van der Waals surface area contributed by atoms with Gasteiger partial charge in [-0.25, -0.2) is 4.57 Å². The Labute approximate surface area is 365 Å². The molecule has 4 atom stereocenters. The number of hydrogen-bond acceptors (Lipinski definition) is 10. The summed E-state index contributed by atoms with van der Waals surface area (Å²) >= 11 is 0. The van der Waals surface area contributed by atoms with Gasteiger partial charge in [-0.15, -0.1) is 0 Å². The molecule has 0 saturated carbocycles. The number of allylic oxidation sites excluding steroid dienone is 18. The molecule has 12 nitrogen and oxygen atoms in total. The van der Waals surface area contributed by atoms with Crippen molar-refractivity contribution in [1.82, 2.24) is 0 Å². The highest BCUT2D eigenvalue weighted by atomic mass is 31.2. The molecular weight excluding hydrogens is 797 g/mol. The first-order valence-corrected chi connectivity index (χ1v) is 23.2. The molecule has 0 bridgehead atoms. The molecule has 13 heteroatoms. The van der Waals surface area contributed by atoms with Crippen LogP contribution in [0.1, 0.15) is 123 Å². The quantitative estimate of drug-likeness (QED) is 0.0151. The number of phosphoric ester groups is 1. The van der Waals surface area contributed by atoms with Crippen LogP contribution in [0, 0.1) is 0 Å². The summed E-state index contributed by atoms with van der Waals surface area (Å²) in [5, 5.41) is 18.9. The summed E-state index contributed by atoms with van der Waals surface area (Å²) < 4.78 is 32.6. The van der Waals surface area contributed by atoms with Crippen molar-refractivity contribution in [3.63, 3.8) is 0 Å². The monoisotopic (exact) mass is 871 g/mol. The van der Waals surface area contributed by atoms with Gasteiger partial charge in [-0.3, -0.25) is 23.4 Å². The average molecular weight is 872 g/mol. The van der Waals surface area contributed by atoms with Crippen LogP contribution in [0.25, 0.3) is 0 Å². The van der Waals surface area contributed by atoms with Gasteiger partial charge in [0.15, 0.2) is 6.10 Å². The lowest BCUT2D eigenvalue weighted by molar-refractivity contribution is -0.161. The zero-order chi connectivity index (χ0) is 45.1. The van der Waals surface area contributed by atoms with Gasteiger partial charge in [0.25, 0.3) is 0 Å².